The highest BCUT2D eigenvalue weighted by molar-refractivity contribution is 7.16. The molecule has 4 heteroatoms. The summed E-state index contributed by atoms with van der Waals surface area (Å²) in [6, 6.07) is 4.54. The Balaban J connectivity index is 2.81. The Labute approximate surface area is 120 Å². The van der Waals surface area contributed by atoms with Crippen LogP contribution in [0.3, 0.4) is 0 Å². The van der Waals surface area contributed by atoms with Crippen LogP contribution in [-0.2, 0) is 6.42 Å². The molecule has 0 aliphatic rings. The lowest BCUT2D eigenvalue weighted by Gasteiger charge is -2.43. The number of halogens is 1. The van der Waals surface area contributed by atoms with Crippen molar-refractivity contribution in [2.45, 2.75) is 45.7 Å². The molecule has 0 radical (unpaired) electrons. The molecule has 2 nitrogen and oxygen atoms in total. The van der Waals surface area contributed by atoms with E-state index in [1.54, 1.807) is 11.3 Å². The first-order valence-electron chi connectivity index (χ1n) is 6.62. The van der Waals surface area contributed by atoms with Crippen molar-refractivity contribution in [3.8, 4) is 0 Å². The highest BCUT2D eigenvalue weighted by Gasteiger charge is 2.33. The number of hydrogen-bond donors (Lipinski definition) is 1. The van der Waals surface area contributed by atoms with E-state index < -0.39 is 0 Å². The SMILES string of the molecule is CCN(CC)C(C)(C)C(Cc1ccc(Cl)s1)NC. The Kier molecular flexibility index (Phi) is 6.12. The number of thiophene rings is 1. The maximum Gasteiger partial charge on any atom is 0.0931 e. The van der Waals surface area contributed by atoms with Crippen molar-refractivity contribution in [2.24, 2.45) is 0 Å². The smallest absolute Gasteiger partial charge is 0.0931 e. The van der Waals surface area contributed by atoms with Gasteiger partial charge < -0.3 is 5.32 Å². The van der Waals surface area contributed by atoms with Gasteiger partial charge in [-0.1, -0.05) is 25.4 Å². The van der Waals surface area contributed by atoms with Gasteiger partial charge in [0.2, 0.25) is 0 Å². The van der Waals surface area contributed by atoms with Crippen molar-refractivity contribution in [1.29, 1.82) is 0 Å². The predicted octanol–water partition coefficient (Wildman–Crippen LogP) is 3.65. The zero-order valence-corrected chi connectivity index (χ0v) is 13.7. The molecule has 0 amide bonds. The van der Waals surface area contributed by atoms with Gasteiger partial charge in [0.05, 0.1) is 4.34 Å². The number of likely N-dealkylation sites (N-methyl/N-ethyl adjacent to an activating group) is 2. The van der Waals surface area contributed by atoms with E-state index in [1.165, 1.54) is 4.88 Å². The zero-order valence-electron chi connectivity index (χ0n) is 12.1. The van der Waals surface area contributed by atoms with Crippen molar-refractivity contribution >= 4 is 22.9 Å². The van der Waals surface area contributed by atoms with Gasteiger partial charge in [0.25, 0.3) is 0 Å². The maximum absolute atomic E-state index is 6.01. The monoisotopic (exact) mass is 288 g/mol. The van der Waals surface area contributed by atoms with E-state index in [1.807, 2.05) is 13.1 Å². The number of nitrogens with one attached hydrogen (secondary N) is 1. The highest BCUT2D eigenvalue weighted by Crippen LogP contribution is 2.27. The molecular formula is C14H25ClN2S. The van der Waals surface area contributed by atoms with Crippen LogP contribution in [0, 0.1) is 0 Å². The lowest BCUT2D eigenvalue weighted by molar-refractivity contribution is 0.0947. The maximum atomic E-state index is 6.01. The van der Waals surface area contributed by atoms with Crippen molar-refractivity contribution in [3.05, 3.63) is 21.3 Å². The standard InChI is InChI=1S/C14H25ClN2S/c1-6-17(7-2)14(3,4)12(16-5)10-11-8-9-13(15)18-11/h8-9,12,16H,6-7,10H2,1-5H3. The van der Waals surface area contributed by atoms with Gasteiger partial charge in [-0.15, -0.1) is 11.3 Å². The minimum atomic E-state index is 0.134. The molecule has 1 aromatic heterocycles. The average Bonchev–Trinajstić information content (AvgIpc) is 2.72. The summed E-state index contributed by atoms with van der Waals surface area (Å²) in [5.74, 6) is 0. The third kappa shape index (κ3) is 3.70. The van der Waals surface area contributed by atoms with Gasteiger partial charge in [0.15, 0.2) is 0 Å². The van der Waals surface area contributed by atoms with Crippen LogP contribution in [-0.4, -0.2) is 36.6 Å². The third-order valence-electron chi connectivity index (χ3n) is 3.81. The molecule has 1 aromatic rings. The number of rotatable bonds is 7. The molecule has 18 heavy (non-hydrogen) atoms. The average molecular weight is 289 g/mol. The first kappa shape index (κ1) is 16.0. The lowest BCUT2D eigenvalue weighted by atomic mass is 9.89. The predicted molar refractivity (Wildman–Crippen MR) is 82.9 cm³/mol. The fraction of sp³-hybridized carbons (Fsp3) is 0.714. The van der Waals surface area contributed by atoms with Gasteiger partial charge in [-0.3, -0.25) is 4.90 Å². The Hall–Kier alpha value is -0.0900. The van der Waals surface area contributed by atoms with Crippen LogP contribution in [0.1, 0.15) is 32.6 Å². The minimum absolute atomic E-state index is 0.134. The van der Waals surface area contributed by atoms with Crippen LogP contribution in [0.5, 0.6) is 0 Å². The largest absolute Gasteiger partial charge is 0.315 e. The van der Waals surface area contributed by atoms with Gasteiger partial charge >= 0.3 is 0 Å². The molecular weight excluding hydrogens is 264 g/mol. The molecule has 0 saturated carbocycles. The normalized spacial score (nSPS) is 14.2. The highest BCUT2D eigenvalue weighted by atomic mass is 35.5. The quantitative estimate of drug-likeness (QED) is 0.824. The molecule has 0 aliphatic carbocycles. The van der Waals surface area contributed by atoms with E-state index >= 15 is 0 Å². The molecule has 0 saturated heterocycles. The van der Waals surface area contributed by atoms with Crippen LogP contribution in [0.25, 0.3) is 0 Å². The molecule has 1 heterocycles. The molecule has 0 aromatic carbocycles. The van der Waals surface area contributed by atoms with Crippen molar-refractivity contribution < 1.29 is 0 Å². The van der Waals surface area contributed by atoms with Gasteiger partial charge in [-0.25, -0.2) is 0 Å². The van der Waals surface area contributed by atoms with Crippen LogP contribution < -0.4 is 5.32 Å². The van der Waals surface area contributed by atoms with E-state index in [0.717, 1.165) is 23.8 Å². The van der Waals surface area contributed by atoms with Crippen molar-refractivity contribution in [2.75, 3.05) is 20.1 Å². The van der Waals surface area contributed by atoms with Gasteiger partial charge in [0, 0.05) is 16.5 Å². The summed E-state index contributed by atoms with van der Waals surface area (Å²) in [7, 11) is 2.05. The van der Waals surface area contributed by atoms with Crippen LogP contribution in [0.4, 0.5) is 0 Å². The summed E-state index contributed by atoms with van der Waals surface area (Å²) in [6.45, 7) is 11.2. The summed E-state index contributed by atoms with van der Waals surface area (Å²) in [5.41, 5.74) is 0.134. The fourth-order valence-corrected chi connectivity index (χ4v) is 3.76. The van der Waals surface area contributed by atoms with E-state index in [0.29, 0.717) is 6.04 Å². The molecule has 104 valence electrons. The summed E-state index contributed by atoms with van der Waals surface area (Å²) in [4.78, 5) is 3.85. The lowest BCUT2D eigenvalue weighted by Crippen LogP contribution is -2.57. The Bertz CT molecular complexity index is 358. The van der Waals surface area contributed by atoms with E-state index in [2.05, 4.69) is 44.0 Å². The Morgan fingerprint density at radius 1 is 1.33 bits per heavy atom. The molecule has 0 spiro atoms. The summed E-state index contributed by atoms with van der Waals surface area (Å²) < 4.78 is 0.875. The van der Waals surface area contributed by atoms with Gasteiger partial charge in [0.1, 0.15) is 0 Å². The second-order valence-corrected chi connectivity index (χ2v) is 6.88. The molecule has 0 bridgehead atoms. The van der Waals surface area contributed by atoms with Gasteiger partial charge in [-0.05, 0) is 52.5 Å². The first-order valence-corrected chi connectivity index (χ1v) is 7.81. The van der Waals surface area contributed by atoms with E-state index in [4.69, 9.17) is 11.6 Å². The van der Waals surface area contributed by atoms with Crippen LogP contribution in [0.2, 0.25) is 4.34 Å². The molecule has 1 N–H and O–H groups in total. The Morgan fingerprint density at radius 2 is 1.94 bits per heavy atom. The summed E-state index contributed by atoms with van der Waals surface area (Å²) in [5, 5.41) is 3.47. The number of hydrogen-bond acceptors (Lipinski definition) is 3. The Morgan fingerprint density at radius 3 is 2.33 bits per heavy atom. The summed E-state index contributed by atoms with van der Waals surface area (Å²) >= 11 is 7.69. The zero-order chi connectivity index (χ0) is 13.8. The van der Waals surface area contributed by atoms with E-state index in [9.17, 15) is 0 Å². The van der Waals surface area contributed by atoms with Crippen molar-refractivity contribution in [1.82, 2.24) is 10.2 Å². The first-order chi connectivity index (χ1) is 8.45. The second-order valence-electron chi connectivity index (χ2n) is 5.08. The topological polar surface area (TPSA) is 15.3 Å². The molecule has 0 fully saturated rings. The number of nitrogens with zero attached hydrogens (tertiary/aromatic N) is 1. The molecule has 1 unspecified atom stereocenters. The van der Waals surface area contributed by atoms with Crippen LogP contribution >= 0.6 is 22.9 Å². The second kappa shape index (κ2) is 6.90. The molecule has 1 atom stereocenters. The third-order valence-corrected chi connectivity index (χ3v) is 5.07. The van der Waals surface area contributed by atoms with Crippen molar-refractivity contribution in [3.63, 3.8) is 0 Å². The minimum Gasteiger partial charge on any atom is -0.315 e. The van der Waals surface area contributed by atoms with Gasteiger partial charge in [-0.2, -0.15) is 0 Å². The van der Waals surface area contributed by atoms with Crippen LogP contribution in [0.15, 0.2) is 12.1 Å². The molecule has 1 rings (SSSR count). The summed E-state index contributed by atoms with van der Waals surface area (Å²) in [6.07, 6.45) is 1.03. The molecule has 0 aliphatic heterocycles. The van der Waals surface area contributed by atoms with E-state index in [-0.39, 0.29) is 5.54 Å². The fourth-order valence-electron chi connectivity index (χ4n) is 2.63.